The molecule has 3 N–H and O–H groups in total. The van der Waals surface area contributed by atoms with Crippen molar-refractivity contribution in [2.24, 2.45) is 0 Å². The molecule has 0 atom stereocenters. The van der Waals surface area contributed by atoms with Crippen molar-refractivity contribution < 1.29 is 0 Å². The highest BCUT2D eigenvalue weighted by Gasteiger charge is 2.08. The molecule has 6 nitrogen and oxygen atoms in total. The maximum Gasteiger partial charge on any atom is 0.272 e. The van der Waals surface area contributed by atoms with Crippen LogP contribution in [0.15, 0.2) is 34.0 Å². The fourth-order valence-electron chi connectivity index (χ4n) is 1.92. The first-order valence-electron chi connectivity index (χ1n) is 5.73. The highest BCUT2D eigenvalue weighted by atomic mass is 35.5. The number of fused-ring (bicyclic) bond motifs is 1. The summed E-state index contributed by atoms with van der Waals surface area (Å²) in [6, 6.07) is 5.08. The number of H-pyrrole nitrogens is 2. The molecule has 0 saturated heterocycles. The standard InChI is InChI=1S/C12H9ClN4O2S/c13-12-15-5-6(20-12)4-14-8-3-1-2-7-9(8)11(19)17-16-10(7)18/h1-3,5,14H,4H2,(H,16,18)(H,17,19). The van der Waals surface area contributed by atoms with Crippen molar-refractivity contribution in [3.05, 3.63) is 54.4 Å². The van der Waals surface area contributed by atoms with E-state index in [0.29, 0.717) is 27.5 Å². The third-order valence-electron chi connectivity index (χ3n) is 2.80. The topological polar surface area (TPSA) is 90.6 Å². The van der Waals surface area contributed by atoms with Crippen LogP contribution in [0.25, 0.3) is 10.8 Å². The molecule has 20 heavy (non-hydrogen) atoms. The van der Waals surface area contributed by atoms with Gasteiger partial charge in [-0.3, -0.25) is 19.8 Å². The summed E-state index contributed by atoms with van der Waals surface area (Å²) in [4.78, 5) is 28.4. The number of hydrogen-bond acceptors (Lipinski definition) is 5. The molecule has 0 aliphatic rings. The number of aromatic nitrogens is 3. The molecule has 0 saturated carbocycles. The second kappa shape index (κ2) is 5.10. The van der Waals surface area contributed by atoms with Crippen molar-refractivity contribution in [1.29, 1.82) is 0 Å². The average molecular weight is 309 g/mol. The molecule has 0 bridgehead atoms. The Bertz CT molecular complexity index is 883. The van der Waals surface area contributed by atoms with Crippen LogP contribution >= 0.6 is 22.9 Å². The van der Waals surface area contributed by atoms with Crippen LogP contribution in [0.4, 0.5) is 5.69 Å². The van der Waals surface area contributed by atoms with Gasteiger partial charge in [0.15, 0.2) is 4.47 Å². The molecular formula is C12H9ClN4O2S. The Morgan fingerprint density at radius 1 is 1.25 bits per heavy atom. The van der Waals surface area contributed by atoms with Crippen molar-refractivity contribution in [3.8, 4) is 0 Å². The van der Waals surface area contributed by atoms with Crippen LogP contribution < -0.4 is 16.4 Å². The van der Waals surface area contributed by atoms with Gasteiger partial charge in [-0.15, -0.1) is 11.3 Å². The number of hydrogen-bond donors (Lipinski definition) is 3. The first kappa shape index (κ1) is 12.9. The monoisotopic (exact) mass is 308 g/mol. The lowest BCUT2D eigenvalue weighted by Gasteiger charge is -2.07. The zero-order chi connectivity index (χ0) is 14.1. The number of thiazole rings is 1. The first-order chi connectivity index (χ1) is 9.65. The van der Waals surface area contributed by atoms with Crippen molar-refractivity contribution in [1.82, 2.24) is 15.2 Å². The van der Waals surface area contributed by atoms with Gasteiger partial charge in [0, 0.05) is 16.8 Å². The third-order valence-corrected chi connectivity index (χ3v) is 3.92. The van der Waals surface area contributed by atoms with Gasteiger partial charge in [0.25, 0.3) is 11.1 Å². The van der Waals surface area contributed by atoms with Gasteiger partial charge in [-0.2, -0.15) is 0 Å². The minimum Gasteiger partial charge on any atom is -0.379 e. The maximum absolute atomic E-state index is 11.9. The Morgan fingerprint density at radius 2 is 2.05 bits per heavy atom. The lowest BCUT2D eigenvalue weighted by Crippen LogP contribution is -2.20. The zero-order valence-corrected chi connectivity index (χ0v) is 11.6. The van der Waals surface area contributed by atoms with E-state index in [1.54, 1.807) is 24.4 Å². The predicted octanol–water partition coefficient (Wildman–Crippen LogP) is 1.94. The van der Waals surface area contributed by atoms with Gasteiger partial charge in [-0.05, 0) is 12.1 Å². The lowest BCUT2D eigenvalue weighted by atomic mass is 10.1. The van der Waals surface area contributed by atoms with Crippen molar-refractivity contribution in [2.45, 2.75) is 6.54 Å². The number of nitrogens with one attached hydrogen (secondary N) is 3. The van der Waals surface area contributed by atoms with Crippen LogP contribution in [0, 0.1) is 0 Å². The zero-order valence-electron chi connectivity index (χ0n) is 10.1. The van der Waals surface area contributed by atoms with E-state index in [1.165, 1.54) is 11.3 Å². The second-order valence-corrected chi connectivity index (χ2v) is 5.77. The Balaban J connectivity index is 2.01. The predicted molar refractivity (Wildman–Crippen MR) is 79.6 cm³/mol. The van der Waals surface area contributed by atoms with Gasteiger partial charge in [0.2, 0.25) is 0 Å². The number of benzene rings is 1. The Kier molecular flexibility index (Phi) is 3.29. The first-order valence-corrected chi connectivity index (χ1v) is 6.92. The smallest absolute Gasteiger partial charge is 0.272 e. The average Bonchev–Trinajstić information content (AvgIpc) is 2.86. The van der Waals surface area contributed by atoms with Gasteiger partial charge in [0.1, 0.15) is 0 Å². The number of anilines is 1. The van der Waals surface area contributed by atoms with E-state index in [9.17, 15) is 9.59 Å². The minimum absolute atomic E-state index is 0.330. The molecule has 1 aromatic carbocycles. The molecule has 0 unspecified atom stereocenters. The molecule has 2 aromatic heterocycles. The molecule has 0 spiro atoms. The maximum atomic E-state index is 11.9. The Hall–Kier alpha value is -2.12. The van der Waals surface area contributed by atoms with Crippen molar-refractivity contribution >= 4 is 39.4 Å². The lowest BCUT2D eigenvalue weighted by molar-refractivity contribution is 0.976. The third kappa shape index (κ3) is 2.33. The SMILES string of the molecule is O=c1[nH][nH]c(=O)c2c(NCc3cnc(Cl)s3)cccc12. The quantitative estimate of drug-likeness (QED) is 0.689. The van der Waals surface area contributed by atoms with Crippen LogP contribution in [0.5, 0.6) is 0 Å². The number of nitrogens with zero attached hydrogens (tertiary/aromatic N) is 1. The number of rotatable bonds is 3. The normalized spacial score (nSPS) is 10.8. The van der Waals surface area contributed by atoms with E-state index in [4.69, 9.17) is 11.6 Å². The van der Waals surface area contributed by atoms with Crippen LogP contribution in [-0.2, 0) is 6.54 Å². The Morgan fingerprint density at radius 3 is 2.80 bits per heavy atom. The molecule has 0 amide bonds. The van der Waals surface area contributed by atoms with Gasteiger partial charge in [-0.25, -0.2) is 4.98 Å². The summed E-state index contributed by atoms with van der Waals surface area (Å²) in [6.07, 6.45) is 1.67. The van der Waals surface area contributed by atoms with Gasteiger partial charge in [-0.1, -0.05) is 17.7 Å². The summed E-state index contributed by atoms with van der Waals surface area (Å²) in [7, 11) is 0. The van der Waals surface area contributed by atoms with Gasteiger partial charge >= 0.3 is 0 Å². The van der Waals surface area contributed by atoms with E-state index in [1.807, 2.05) is 0 Å². The highest BCUT2D eigenvalue weighted by Crippen LogP contribution is 2.21. The molecule has 8 heteroatoms. The van der Waals surface area contributed by atoms with E-state index in [-0.39, 0.29) is 11.1 Å². The number of aromatic amines is 2. The van der Waals surface area contributed by atoms with Crippen molar-refractivity contribution in [3.63, 3.8) is 0 Å². The van der Waals surface area contributed by atoms with Crippen LogP contribution in [-0.4, -0.2) is 15.2 Å². The highest BCUT2D eigenvalue weighted by molar-refractivity contribution is 7.15. The molecule has 0 aliphatic heterocycles. The molecule has 3 rings (SSSR count). The molecule has 0 fully saturated rings. The summed E-state index contributed by atoms with van der Waals surface area (Å²) in [5, 5.41) is 8.43. The molecule has 3 aromatic rings. The molecule has 0 radical (unpaired) electrons. The van der Waals surface area contributed by atoms with Gasteiger partial charge in [0.05, 0.1) is 17.3 Å². The fraction of sp³-hybridized carbons (Fsp3) is 0.0833. The summed E-state index contributed by atoms with van der Waals surface area (Å²) in [5.41, 5.74) is -0.0755. The largest absolute Gasteiger partial charge is 0.379 e. The van der Waals surface area contributed by atoms with E-state index >= 15 is 0 Å². The second-order valence-electron chi connectivity index (χ2n) is 4.07. The summed E-state index contributed by atoms with van der Waals surface area (Å²) in [5.74, 6) is 0. The van der Waals surface area contributed by atoms with Crippen LogP contribution in [0.1, 0.15) is 4.88 Å². The molecule has 0 aliphatic carbocycles. The number of halogens is 1. The fourth-order valence-corrected chi connectivity index (χ4v) is 2.84. The van der Waals surface area contributed by atoms with E-state index < -0.39 is 0 Å². The van der Waals surface area contributed by atoms with Crippen molar-refractivity contribution in [2.75, 3.05) is 5.32 Å². The van der Waals surface area contributed by atoms with Crippen LogP contribution in [0.2, 0.25) is 4.47 Å². The summed E-state index contributed by atoms with van der Waals surface area (Å²) in [6.45, 7) is 0.482. The van der Waals surface area contributed by atoms with Crippen LogP contribution in [0.3, 0.4) is 0 Å². The molecule has 2 heterocycles. The minimum atomic E-state index is -0.343. The molecule has 102 valence electrons. The molecular weight excluding hydrogens is 300 g/mol. The summed E-state index contributed by atoms with van der Waals surface area (Å²) >= 11 is 7.12. The van der Waals surface area contributed by atoms with E-state index in [2.05, 4.69) is 20.5 Å². The Labute approximate surface area is 121 Å². The summed E-state index contributed by atoms with van der Waals surface area (Å²) < 4.78 is 0.467. The van der Waals surface area contributed by atoms with Gasteiger partial charge < -0.3 is 5.32 Å². The van der Waals surface area contributed by atoms with E-state index in [0.717, 1.165) is 4.88 Å².